The molecule has 2 aromatic rings. The minimum atomic E-state index is -0.514. The molecule has 0 radical (unpaired) electrons. The van der Waals surface area contributed by atoms with Gasteiger partial charge in [0.05, 0.1) is 5.39 Å². The molecule has 0 aliphatic carbocycles. The minimum absolute atomic E-state index is 0.00849. The number of hydrogen-bond donors (Lipinski definition) is 1. The first-order valence-corrected chi connectivity index (χ1v) is 8.17. The number of nitrogens with one attached hydrogen (secondary N) is 1. The van der Waals surface area contributed by atoms with E-state index >= 15 is 0 Å². The number of nitrogens with zero attached hydrogens (tertiary/aromatic N) is 3. The summed E-state index contributed by atoms with van der Waals surface area (Å²) < 4.78 is 0. The number of fused-ring (bicyclic) bond motifs is 2. The topological polar surface area (TPSA) is 86.4 Å². The largest absolute Gasteiger partial charge is 0.336 e. The molecule has 1 N–H and O–H groups in total. The number of rotatable bonds is 1. The predicted octanol–water partition coefficient (Wildman–Crippen LogP) is 0.758. The monoisotopic (exact) mass is 326 g/mol. The lowest BCUT2D eigenvalue weighted by atomic mass is 10.0. The molecule has 4 rings (SSSR count). The maximum absolute atomic E-state index is 13.0. The van der Waals surface area contributed by atoms with Gasteiger partial charge in [-0.05, 0) is 25.8 Å². The third kappa shape index (κ3) is 2.11. The fourth-order valence-corrected chi connectivity index (χ4v) is 3.75. The molecule has 2 saturated heterocycles. The first-order chi connectivity index (χ1) is 11.6. The molecule has 2 aliphatic heterocycles. The van der Waals surface area contributed by atoms with Gasteiger partial charge in [-0.15, -0.1) is 0 Å². The van der Waals surface area contributed by atoms with Crippen molar-refractivity contribution in [1.82, 2.24) is 20.0 Å². The molecule has 0 unspecified atom stereocenters. The van der Waals surface area contributed by atoms with E-state index in [4.69, 9.17) is 0 Å². The van der Waals surface area contributed by atoms with Gasteiger partial charge in [-0.25, -0.2) is 5.10 Å². The van der Waals surface area contributed by atoms with E-state index in [1.807, 2.05) is 4.90 Å². The Bertz CT molecular complexity index is 891. The average molecular weight is 326 g/mol. The number of benzene rings is 1. The molecule has 7 nitrogen and oxygen atoms in total. The van der Waals surface area contributed by atoms with Crippen LogP contribution in [0.2, 0.25) is 0 Å². The van der Waals surface area contributed by atoms with E-state index in [2.05, 4.69) is 10.2 Å². The Balaban J connectivity index is 1.75. The van der Waals surface area contributed by atoms with Gasteiger partial charge in [0.2, 0.25) is 5.91 Å². The van der Waals surface area contributed by atoms with Crippen LogP contribution in [0.5, 0.6) is 0 Å². The Kier molecular flexibility index (Phi) is 3.37. The zero-order valence-electron chi connectivity index (χ0n) is 13.4. The fraction of sp³-hybridized carbons (Fsp3) is 0.412. The highest BCUT2D eigenvalue weighted by molar-refractivity contribution is 6.06. The predicted molar refractivity (Wildman–Crippen MR) is 87.6 cm³/mol. The van der Waals surface area contributed by atoms with Crippen LogP contribution in [0.25, 0.3) is 10.8 Å². The fourth-order valence-electron chi connectivity index (χ4n) is 3.75. The number of hydrogen-bond acceptors (Lipinski definition) is 4. The molecule has 7 heteroatoms. The summed E-state index contributed by atoms with van der Waals surface area (Å²) in [5.74, 6) is -0.319. The van der Waals surface area contributed by atoms with Crippen molar-refractivity contribution in [1.29, 1.82) is 0 Å². The second-order valence-corrected chi connectivity index (χ2v) is 6.41. The third-order valence-corrected chi connectivity index (χ3v) is 5.05. The highest BCUT2D eigenvalue weighted by Crippen LogP contribution is 2.27. The molecule has 0 bridgehead atoms. The van der Waals surface area contributed by atoms with Gasteiger partial charge in [-0.2, -0.15) is 5.10 Å². The SMILES string of the molecule is C[C@H]1C(=O)N2CCC[C@@H]2CN1C(=O)c1n[nH]c(=O)c2ccccc12. The Hall–Kier alpha value is -2.70. The van der Waals surface area contributed by atoms with Gasteiger partial charge < -0.3 is 9.80 Å². The first-order valence-electron chi connectivity index (χ1n) is 8.17. The van der Waals surface area contributed by atoms with Gasteiger partial charge >= 0.3 is 0 Å². The van der Waals surface area contributed by atoms with Crippen molar-refractivity contribution in [2.75, 3.05) is 13.1 Å². The zero-order valence-corrected chi connectivity index (χ0v) is 13.4. The quantitative estimate of drug-likeness (QED) is 0.838. The van der Waals surface area contributed by atoms with Crippen molar-refractivity contribution in [3.8, 4) is 0 Å². The molecule has 2 fully saturated rings. The molecule has 0 spiro atoms. The van der Waals surface area contributed by atoms with Gasteiger partial charge in [0.25, 0.3) is 11.5 Å². The summed E-state index contributed by atoms with van der Waals surface area (Å²) in [7, 11) is 0. The number of H-pyrrole nitrogens is 1. The van der Waals surface area contributed by atoms with Crippen molar-refractivity contribution in [3.63, 3.8) is 0 Å². The smallest absolute Gasteiger partial charge is 0.275 e. The van der Waals surface area contributed by atoms with E-state index in [-0.39, 0.29) is 29.1 Å². The Labute approximate surface area is 138 Å². The van der Waals surface area contributed by atoms with Crippen molar-refractivity contribution in [2.24, 2.45) is 0 Å². The number of aromatic amines is 1. The van der Waals surface area contributed by atoms with E-state index in [0.717, 1.165) is 19.4 Å². The molecular formula is C17H18N4O3. The van der Waals surface area contributed by atoms with Crippen LogP contribution >= 0.6 is 0 Å². The van der Waals surface area contributed by atoms with Crippen molar-refractivity contribution < 1.29 is 9.59 Å². The first kappa shape index (κ1) is 14.9. The third-order valence-electron chi connectivity index (χ3n) is 5.05. The summed E-state index contributed by atoms with van der Waals surface area (Å²) in [5, 5.41) is 7.30. The zero-order chi connectivity index (χ0) is 16.8. The number of amides is 2. The Morgan fingerprint density at radius 2 is 2.00 bits per heavy atom. The summed E-state index contributed by atoms with van der Waals surface area (Å²) >= 11 is 0. The highest BCUT2D eigenvalue weighted by Gasteiger charge is 2.42. The average Bonchev–Trinajstić information content (AvgIpc) is 3.07. The van der Waals surface area contributed by atoms with E-state index in [0.29, 0.717) is 17.3 Å². The van der Waals surface area contributed by atoms with Crippen LogP contribution in [0.4, 0.5) is 0 Å². The van der Waals surface area contributed by atoms with E-state index < -0.39 is 6.04 Å². The van der Waals surface area contributed by atoms with E-state index in [1.165, 1.54) is 0 Å². The molecule has 2 amide bonds. The molecule has 0 saturated carbocycles. The molecule has 1 aromatic heterocycles. The Morgan fingerprint density at radius 1 is 1.25 bits per heavy atom. The van der Waals surface area contributed by atoms with Crippen molar-refractivity contribution in [3.05, 3.63) is 40.3 Å². The lowest BCUT2D eigenvalue weighted by molar-refractivity contribution is -0.141. The second kappa shape index (κ2) is 5.43. The molecular weight excluding hydrogens is 308 g/mol. The summed E-state index contributed by atoms with van der Waals surface area (Å²) in [4.78, 5) is 40.9. The standard InChI is InChI=1S/C17H18N4O3/c1-10-16(23)20-8-4-5-11(20)9-21(10)17(24)14-12-6-2-3-7-13(12)15(22)19-18-14/h2-3,6-7,10-11H,4-5,8-9H2,1H3,(H,19,22)/t10-,11+/m0/s1. The van der Waals surface area contributed by atoms with Crippen LogP contribution in [-0.4, -0.2) is 57.0 Å². The van der Waals surface area contributed by atoms with Crippen LogP contribution in [0.3, 0.4) is 0 Å². The maximum atomic E-state index is 13.0. The Morgan fingerprint density at radius 3 is 2.79 bits per heavy atom. The van der Waals surface area contributed by atoms with Crippen LogP contribution in [0.15, 0.2) is 29.1 Å². The molecule has 124 valence electrons. The minimum Gasteiger partial charge on any atom is -0.336 e. The number of piperazine rings is 1. The second-order valence-electron chi connectivity index (χ2n) is 6.41. The molecule has 24 heavy (non-hydrogen) atoms. The molecule has 1 aromatic carbocycles. The summed E-state index contributed by atoms with van der Waals surface area (Å²) in [5.41, 5.74) is -0.136. The van der Waals surface area contributed by atoms with E-state index in [9.17, 15) is 14.4 Å². The normalized spacial score (nSPS) is 23.6. The highest BCUT2D eigenvalue weighted by atomic mass is 16.2. The van der Waals surface area contributed by atoms with Crippen LogP contribution in [0, 0.1) is 0 Å². The van der Waals surface area contributed by atoms with Gasteiger partial charge in [0.1, 0.15) is 6.04 Å². The lowest BCUT2D eigenvalue weighted by Crippen LogP contribution is -2.60. The molecule has 2 atom stereocenters. The number of aromatic nitrogens is 2. The maximum Gasteiger partial charge on any atom is 0.275 e. The summed E-state index contributed by atoms with van der Waals surface area (Å²) in [6.07, 6.45) is 1.90. The summed E-state index contributed by atoms with van der Waals surface area (Å²) in [6.45, 7) is 3.04. The van der Waals surface area contributed by atoms with Gasteiger partial charge in [0, 0.05) is 24.5 Å². The number of carbonyl (C=O) groups excluding carboxylic acids is 2. The van der Waals surface area contributed by atoms with Crippen molar-refractivity contribution in [2.45, 2.75) is 31.8 Å². The van der Waals surface area contributed by atoms with Crippen LogP contribution in [0.1, 0.15) is 30.3 Å². The van der Waals surface area contributed by atoms with Crippen molar-refractivity contribution >= 4 is 22.6 Å². The van der Waals surface area contributed by atoms with E-state index in [1.54, 1.807) is 36.1 Å². The molecule has 2 aliphatic rings. The van der Waals surface area contributed by atoms with Crippen LogP contribution < -0.4 is 5.56 Å². The van der Waals surface area contributed by atoms with Gasteiger partial charge in [-0.1, -0.05) is 18.2 Å². The van der Waals surface area contributed by atoms with Gasteiger partial charge in [-0.3, -0.25) is 14.4 Å². The summed E-state index contributed by atoms with van der Waals surface area (Å²) in [6, 6.07) is 6.46. The molecule has 3 heterocycles. The van der Waals surface area contributed by atoms with Gasteiger partial charge in [0.15, 0.2) is 5.69 Å². The lowest BCUT2D eigenvalue weighted by Gasteiger charge is -2.41. The van der Waals surface area contributed by atoms with Crippen LogP contribution in [-0.2, 0) is 4.79 Å². The number of carbonyl (C=O) groups is 2.